The Balaban J connectivity index is 1.59. The summed E-state index contributed by atoms with van der Waals surface area (Å²) >= 11 is 0. The molecule has 0 unspecified atom stereocenters. The number of aromatic nitrogens is 1. The Morgan fingerprint density at radius 2 is 2.25 bits per heavy atom. The highest BCUT2D eigenvalue weighted by atomic mass is 16.3. The number of hydrogen-bond acceptors (Lipinski definition) is 4. The van der Waals surface area contributed by atoms with Crippen molar-refractivity contribution in [3.63, 3.8) is 0 Å². The molecule has 1 aromatic carbocycles. The molecule has 1 aliphatic rings. The summed E-state index contributed by atoms with van der Waals surface area (Å²) in [6, 6.07) is 6.07. The highest BCUT2D eigenvalue weighted by Gasteiger charge is 2.18. The molecule has 0 spiro atoms. The lowest BCUT2D eigenvalue weighted by Crippen LogP contribution is -2.42. The van der Waals surface area contributed by atoms with Crippen LogP contribution >= 0.6 is 0 Å². The van der Waals surface area contributed by atoms with Crippen molar-refractivity contribution in [3.8, 4) is 0 Å². The van der Waals surface area contributed by atoms with Gasteiger partial charge in [-0.15, -0.1) is 0 Å². The lowest BCUT2D eigenvalue weighted by Gasteiger charge is -2.33. The fourth-order valence-corrected chi connectivity index (χ4v) is 3.24. The predicted octanol–water partition coefficient (Wildman–Crippen LogP) is 3.56. The summed E-state index contributed by atoms with van der Waals surface area (Å²) in [6.45, 7) is 9.08. The van der Waals surface area contributed by atoms with Crippen molar-refractivity contribution in [2.45, 2.75) is 52.0 Å². The number of nitrogens with zero attached hydrogens (tertiary/aromatic N) is 2. The van der Waals surface area contributed by atoms with E-state index >= 15 is 0 Å². The second-order valence-corrected chi connectivity index (χ2v) is 7.03. The van der Waals surface area contributed by atoms with Crippen LogP contribution in [0.25, 0.3) is 11.1 Å². The van der Waals surface area contributed by atoms with Gasteiger partial charge in [0, 0.05) is 30.6 Å². The molecule has 2 aromatic rings. The van der Waals surface area contributed by atoms with Gasteiger partial charge >= 0.3 is 0 Å². The van der Waals surface area contributed by atoms with Gasteiger partial charge in [-0.25, -0.2) is 4.98 Å². The Morgan fingerprint density at radius 3 is 3.00 bits per heavy atom. The van der Waals surface area contributed by atoms with Crippen LogP contribution in [0.15, 0.2) is 22.6 Å². The first kappa shape index (κ1) is 17.0. The molecule has 1 fully saturated rings. The average Bonchev–Trinajstić information content (AvgIpc) is 3.00. The Labute approximate surface area is 143 Å². The SMILES string of the molecule is CC(C)c1nc2ccc(C(=O)NCCN3CCCC[C@H]3C)cc2o1. The van der Waals surface area contributed by atoms with E-state index in [1.54, 1.807) is 6.07 Å². The number of piperidine rings is 1. The lowest BCUT2D eigenvalue weighted by atomic mass is 10.0. The summed E-state index contributed by atoms with van der Waals surface area (Å²) in [5, 5.41) is 3.02. The fraction of sp³-hybridized carbons (Fsp3) is 0.579. The molecule has 130 valence electrons. The first-order valence-corrected chi connectivity index (χ1v) is 8.97. The first-order valence-electron chi connectivity index (χ1n) is 8.97. The molecule has 0 aliphatic carbocycles. The largest absolute Gasteiger partial charge is 0.440 e. The zero-order chi connectivity index (χ0) is 17.1. The summed E-state index contributed by atoms with van der Waals surface area (Å²) in [6.07, 6.45) is 3.84. The van der Waals surface area contributed by atoms with Crippen LogP contribution < -0.4 is 5.32 Å². The van der Waals surface area contributed by atoms with Gasteiger partial charge in [0.25, 0.3) is 5.91 Å². The number of benzene rings is 1. The third kappa shape index (κ3) is 3.78. The van der Waals surface area contributed by atoms with Gasteiger partial charge in [-0.2, -0.15) is 0 Å². The van der Waals surface area contributed by atoms with Crippen molar-refractivity contribution in [2.24, 2.45) is 0 Å². The number of likely N-dealkylation sites (tertiary alicyclic amines) is 1. The van der Waals surface area contributed by atoms with Crippen LogP contribution in [0.2, 0.25) is 0 Å². The fourth-order valence-electron chi connectivity index (χ4n) is 3.24. The molecule has 1 aliphatic heterocycles. The van der Waals surface area contributed by atoms with E-state index in [0.29, 0.717) is 29.6 Å². The Kier molecular flexibility index (Phi) is 5.19. The molecule has 2 heterocycles. The molecule has 24 heavy (non-hydrogen) atoms. The van der Waals surface area contributed by atoms with Gasteiger partial charge in [-0.3, -0.25) is 9.69 Å². The third-order valence-electron chi connectivity index (χ3n) is 4.79. The van der Waals surface area contributed by atoms with E-state index in [2.05, 4.69) is 22.1 Å². The number of amides is 1. The molecule has 1 amide bonds. The van der Waals surface area contributed by atoms with Gasteiger partial charge in [-0.05, 0) is 44.5 Å². The smallest absolute Gasteiger partial charge is 0.251 e. The van der Waals surface area contributed by atoms with E-state index in [-0.39, 0.29) is 11.8 Å². The highest BCUT2D eigenvalue weighted by Crippen LogP contribution is 2.22. The van der Waals surface area contributed by atoms with Crippen LogP contribution in [-0.4, -0.2) is 41.5 Å². The Morgan fingerprint density at radius 1 is 1.42 bits per heavy atom. The molecule has 1 N–H and O–H groups in total. The summed E-state index contributed by atoms with van der Waals surface area (Å²) in [5.74, 6) is 0.895. The van der Waals surface area contributed by atoms with E-state index in [1.807, 2.05) is 26.0 Å². The van der Waals surface area contributed by atoms with Crippen molar-refractivity contribution >= 4 is 17.0 Å². The molecule has 1 atom stereocenters. The quantitative estimate of drug-likeness (QED) is 0.911. The van der Waals surface area contributed by atoms with Crippen molar-refractivity contribution in [1.82, 2.24) is 15.2 Å². The van der Waals surface area contributed by atoms with Crippen molar-refractivity contribution in [3.05, 3.63) is 29.7 Å². The zero-order valence-electron chi connectivity index (χ0n) is 14.8. The van der Waals surface area contributed by atoms with Gasteiger partial charge in [-0.1, -0.05) is 20.3 Å². The van der Waals surface area contributed by atoms with E-state index in [0.717, 1.165) is 18.6 Å². The van der Waals surface area contributed by atoms with Gasteiger partial charge in [0.1, 0.15) is 5.52 Å². The van der Waals surface area contributed by atoms with Crippen LogP contribution in [-0.2, 0) is 0 Å². The predicted molar refractivity (Wildman–Crippen MR) is 95.3 cm³/mol. The second kappa shape index (κ2) is 7.34. The molecule has 3 rings (SSSR count). The summed E-state index contributed by atoms with van der Waals surface area (Å²) in [7, 11) is 0. The molecule has 1 aromatic heterocycles. The minimum absolute atomic E-state index is 0.0518. The molecule has 0 bridgehead atoms. The van der Waals surface area contributed by atoms with Gasteiger partial charge in [0.15, 0.2) is 11.5 Å². The molecule has 5 heteroatoms. The standard InChI is InChI=1S/C19H27N3O2/c1-13(2)19-21-16-8-7-15(12-17(16)24-19)18(23)20-9-11-22-10-5-4-6-14(22)3/h7-8,12-14H,4-6,9-11H2,1-3H3,(H,20,23)/t14-/m1/s1. The van der Waals surface area contributed by atoms with Gasteiger partial charge < -0.3 is 9.73 Å². The maximum Gasteiger partial charge on any atom is 0.251 e. The van der Waals surface area contributed by atoms with Crippen molar-refractivity contribution < 1.29 is 9.21 Å². The summed E-state index contributed by atoms with van der Waals surface area (Å²) in [5.41, 5.74) is 2.11. The second-order valence-electron chi connectivity index (χ2n) is 7.03. The molecule has 1 saturated heterocycles. The van der Waals surface area contributed by atoms with Crippen LogP contribution in [0, 0.1) is 0 Å². The van der Waals surface area contributed by atoms with Crippen molar-refractivity contribution in [1.29, 1.82) is 0 Å². The molecular weight excluding hydrogens is 302 g/mol. The number of hydrogen-bond donors (Lipinski definition) is 1. The van der Waals surface area contributed by atoms with Crippen molar-refractivity contribution in [2.75, 3.05) is 19.6 Å². The Hall–Kier alpha value is -1.88. The summed E-state index contributed by atoms with van der Waals surface area (Å²) in [4.78, 5) is 19.3. The lowest BCUT2D eigenvalue weighted by molar-refractivity contribution is 0.0938. The normalized spacial score (nSPS) is 19.1. The van der Waals surface area contributed by atoms with E-state index in [9.17, 15) is 4.79 Å². The zero-order valence-corrected chi connectivity index (χ0v) is 14.8. The maximum absolute atomic E-state index is 12.4. The minimum atomic E-state index is -0.0518. The average molecular weight is 329 g/mol. The number of oxazole rings is 1. The molecule has 5 nitrogen and oxygen atoms in total. The number of carbonyl (C=O) groups excluding carboxylic acids is 1. The number of rotatable bonds is 5. The van der Waals surface area contributed by atoms with Crippen LogP contribution in [0.4, 0.5) is 0 Å². The summed E-state index contributed by atoms with van der Waals surface area (Å²) < 4.78 is 5.73. The third-order valence-corrected chi connectivity index (χ3v) is 4.79. The molecular formula is C19H27N3O2. The number of fused-ring (bicyclic) bond motifs is 1. The maximum atomic E-state index is 12.4. The van der Waals surface area contributed by atoms with Crippen LogP contribution in [0.1, 0.15) is 62.2 Å². The van der Waals surface area contributed by atoms with E-state index in [4.69, 9.17) is 4.42 Å². The Bertz CT molecular complexity index is 708. The first-order chi connectivity index (χ1) is 11.5. The van der Waals surface area contributed by atoms with Crippen LogP contribution in [0.5, 0.6) is 0 Å². The molecule has 0 saturated carbocycles. The monoisotopic (exact) mass is 329 g/mol. The number of nitrogens with one attached hydrogen (secondary N) is 1. The topological polar surface area (TPSA) is 58.4 Å². The molecule has 0 radical (unpaired) electrons. The highest BCUT2D eigenvalue weighted by molar-refractivity contribution is 5.97. The van der Waals surface area contributed by atoms with E-state index in [1.165, 1.54) is 19.3 Å². The van der Waals surface area contributed by atoms with Gasteiger partial charge in [0.2, 0.25) is 0 Å². The van der Waals surface area contributed by atoms with Gasteiger partial charge in [0.05, 0.1) is 0 Å². The minimum Gasteiger partial charge on any atom is -0.440 e. The van der Waals surface area contributed by atoms with E-state index < -0.39 is 0 Å². The van der Waals surface area contributed by atoms with Crippen LogP contribution in [0.3, 0.4) is 0 Å². The number of carbonyl (C=O) groups is 1.